The zero-order chi connectivity index (χ0) is 11.4. The average molecular weight is 223 g/mol. The van der Waals surface area contributed by atoms with Crippen molar-refractivity contribution in [3.05, 3.63) is 11.9 Å². The van der Waals surface area contributed by atoms with E-state index in [1.54, 1.807) is 0 Å². The molecule has 1 N–H and O–H groups in total. The van der Waals surface area contributed by atoms with E-state index in [0.717, 1.165) is 31.2 Å². The maximum atomic E-state index is 4.10. The van der Waals surface area contributed by atoms with E-state index in [-0.39, 0.29) is 0 Å². The van der Waals surface area contributed by atoms with E-state index in [2.05, 4.69) is 27.6 Å². The molecule has 1 fully saturated rings. The zero-order valence-corrected chi connectivity index (χ0v) is 10.2. The van der Waals surface area contributed by atoms with E-state index >= 15 is 0 Å². The molecule has 1 heterocycles. The molecular weight excluding hydrogens is 202 g/mol. The highest BCUT2D eigenvalue weighted by Gasteiger charge is 2.22. The summed E-state index contributed by atoms with van der Waals surface area (Å²) < 4.78 is 1.93. The van der Waals surface area contributed by atoms with Crippen molar-refractivity contribution in [2.24, 2.45) is 5.92 Å². The Kier molecular flexibility index (Phi) is 3.90. The summed E-state index contributed by atoms with van der Waals surface area (Å²) in [6, 6.07) is 0. The Hall–Kier alpha value is -0.940. The molecule has 0 aliphatic heterocycles. The summed E-state index contributed by atoms with van der Waals surface area (Å²) in [6.45, 7) is 4.01. The summed E-state index contributed by atoms with van der Waals surface area (Å²) in [5, 5.41) is 11.3. The van der Waals surface area contributed by atoms with Crippen molar-refractivity contribution < 1.29 is 0 Å². The van der Waals surface area contributed by atoms with Gasteiger partial charge in [0.1, 0.15) is 0 Å². The third-order valence-electron chi connectivity index (χ3n) is 2.92. The number of nitrogens with one attached hydrogen (secondary N) is 1. The smallest absolute Gasteiger partial charge is 0.0964 e. The van der Waals surface area contributed by atoms with Crippen molar-refractivity contribution in [1.29, 1.82) is 0 Å². The van der Waals surface area contributed by atoms with Gasteiger partial charge in [0.2, 0.25) is 0 Å². The lowest BCUT2D eigenvalue weighted by atomic mass is 10.4. The number of rotatable bonds is 7. The lowest BCUT2D eigenvalue weighted by Crippen LogP contribution is -2.25. The van der Waals surface area contributed by atoms with Crippen molar-refractivity contribution in [2.45, 2.75) is 25.9 Å². The molecule has 2 rings (SSSR count). The molecule has 5 nitrogen and oxygen atoms in total. The number of hydrogen-bond acceptors (Lipinski definition) is 4. The second kappa shape index (κ2) is 5.41. The van der Waals surface area contributed by atoms with Gasteiger partial charge in [-0.2, -0.15) is 0 Å². The van der Waals surface area contributed by atoms with Gasteiger partial charge >= 0.3 is 0 Å². The van der Waals surface area contributed by atoms with Crippen LogP contribution in [0.25, 0.3) is 0 Å². The third kappa shape index (κ3) is 3.57. The van der Waals surface area contributed by atoms with Gasteiger partial charge in [0.25, 0.3) is 0 Å². The number of likely N-dealkylation sites (N-methyl/N-ethyl adjacent to an activating group) is 1. The van der Waals surface area contributed by atoms with Crippen molar-refractivity contribution >= 4 is 0 Å². The number of nitrogens with zero attached hydrogens (tertiary/aromatic N) is 4. The second-order valence-electron chi connectivity index (χ2n) is 4.71. The fourth-order valence-electron chi connectivity index (χ4n) is 1.82. The van der Waals surface area contributed by atoms with Crippen LogP contribution in [0, 0.1) is 5.92 Å². The van der Waals surface area contributed by atoms with Crippen LogP contribution >= 0.6 is 0 Å². The van der Waals surface area contributed by atoms with Crippen molar-refractivity contribution in [3.8, 4) is 0 Å². The van der Waals surface area contributed by atoms with Crippen molar-refractivity contribution in [1.82, 2.24) is 25.2 Å². The Balaban J connectivity index is 1.70. The first-order valence-corrected chi connectivity index (χ1v) is 6.00. The van der Waals surface area contributed by atoms with Gasteiger partial charge in [-0.05, 0) is 32.9 Å². The molecule has 90 valence electrons. The predicted octanol–water partition coefficient (Wildman–Crippen LogP) is 0.339. The Labute approximate surface area is 96.8 Å². The molecular formula is C11H21N5. The van der Waals surface area contributed by atoms with Crippen LogP contribution in [0.5, 0.6) is 0 Å². The highest BCUT2D eigenvalue weighted by Crippen LogP contribution is 2.29. The van der Waals surface area contributed by atoms with Crippen LogP contribution in [0.2, 0.25) is 0 Å². The average Bonchev–Trinajstić information content (AvgIpc) is 2.95. The molecule has 1 aromatic rings. The fourth-order valence-corrected chi connectivity index (χ4v) is 1.82. The maximum absolute atomic E-state index is 4.10. The van der Waals surface area contributed by atoms with Crippen LogP contribution < -0.4 is 5.32 Å². The Morgan fingerprint density at radius 2 is 2.38 bits per heavy atom. The normalized spacial score (nSPS) is 15.9. The molecule has 1 saturated carbocycles. The topological polar surface area (TPSA) is 46.0 Å². The molecule has 0 amide bonds. The van der Waals surface area contributed by atoms with Crippen LogP contribution in [0.3, 0.4) is 0 Å². The molecule has 1 aliphatic carbocycles. The van der Waals surface area contributed by atoms with E-state index in [0.29, 0.717) is 0 Å². The minimum Gasteiger partial charge on any atom is -0.314 e. The van der Waals surface area contributed by atoms with Crippen LogP contribution in [0.1, 0.15) is 18.5 Å². The first kappa shape index (κ1) is 11.5. The molecule has 0 spiro atoms. The van der Waals surface area contributed by atoms with Crippen LogP contribution in [0.15, 0.2) is 6.20 Å². The van der Waals surface area contributed by atoms with Gasteiger partial charge in [0.05, 0.1) is 12.2 Å². The Bertz CT molecular complexity index is 318. The van der Waals surface area contributed by atoms with Crippen LogP contribution in [-0.4, -0.2) is 47.1 Å². The lowest BCUT2D eigenvalue weighted by Gasteiger charge is -2.15. The number of aromatic nitrogens is 3. The molecule has 0 unspecified atom stereocenters. The molecule has 5 heteroatoms. The van der Waals surface area contributed by atoms with Gasteiger partial charge in [0, 0.05) is 25.8 Å². The van der Waals surface area contributed by atoms with Gasteiger partial charge in [-0.3, -0.25) is 4.68 Å². The molecule has 1 aromatic heterocycles. The first-order chi connectivity index (χ1) is 7.78. The molecule has 0 bridgehead atoms. The van der Waals surface area contributed by atoms with E-state index < -0.39 is 0 Å². The first-order valence-electron chi connectivity index (χ1n) is 6.00. The summed E-state index contributed by atoms with van der Waals surface area (Å²) in [6.07, 6.45) is 4.85. The maximum Gasteiger partial charge on any atom is 0.0964 e. The van der Waals surface area contributed by atoms with Gasteiger partial charge in [-0.1, -0.05) is 5.21 Å². The highest BCUT2D eigenvalue weighted by atomic mass is 15.4. The lowest BCUT2D eigenvalue weighted by molar-refractivity contribution is 0.299. The van der Waals surface area contributed by atoms with Gasteiger partial charge in [-0.15, -0.1) is 5.10 Å². The van der Waals surface area contributed by atoms with Crippen molar-refractivity contribution in [3.63, 3.8) is 0 Å². The number of hydrogen-bond donors (Lipinski definition) is 1. The minimum absolute atomic E-state index is 0.790. The van der Waals surface area contributed by atoms with Crippen LogP contribution in [-0.2, 0) is 13.1 Å². The molecule has 0 atom stereocenters. The molecule has 16 heavy (non-hydrogen) atoms. The SMILES string of the molecule is CNCc1cn(CCN(C)CC2CC2)nn1. The summed E-state index contributed by atoms with van der Waals surface area (Å²) >= 11 is 0. The van der Waals surface area contributed by atoms with Gasteiger partial charge in [-0.25, -0.2) is 0 Å². The second-order valence-corrected chi connectivity index (χ2v) is 4.71. The van der Waals surface area contributed by atoms with Crippen LogP contribution in [0.4, 0.5) is 0 Å². The highest BCUT2D eigenvalue weighted by molar-refractivity contribution is 4.91. The zero-order valence-electron chi connectivity index (χ0n) is 10.2. The summed E-state index contributed by atoms with van der Waals surface area (Å²) in [5.74, 6) is 0.959. The standard InChI is InChI=1S/C11H21N5/c1-12-7-11-9-16(14-13-11)6-5-15(2)8-10-3-4-10/h9-10,12H,3-8H2,1-2H3. The molecule has 1 aliphatic rings. The Morgan fingerprint density at radius 1 is 1.56 bits per heavy atom. The van der Waals surface area contributed by atoms with E-state index in [1.807, 2.05) is 17.9 Å². The summed E-state index contributed by atoms with van der Waals surface area (Å²) in [5.41, 5.74) is 1.01. The fraction of sp³-hybridized carbons (Fsp3) is 0.818. The molecule has 0 radical (unpaired) electrons. The van der Waals surface area contributed by atoms with E-state index in [4.69, 9.17) is 0 Å². The summed E-state index contributed by atoms with van der Waals surface area (Å²) in [7, 11) is 4.10. The molecule has 0 saturated heterocycles. The molecule has 0 aromatic carbocycles. The van der Waals surface area contributed by atoms with E-state index in [1.165, 1.54) is 19.4 Å². The quantitative estimate of drug-likeness (QED) is 0.724. The third-order valence-corrected chi connectivity index (χ3v) is 2.92. The Morgan fingerprint density at radius 3 is 3.06 bits per heavy atom. The largest absolute Gasteiger partial charge is 0.314 e. The monoisotopic (exact) mass is 223 g/mol. The predicted molar refractivity (Wildman–Crippen MR) is 63.0 cm³/mol. The van der Waals surface area contributed by atoms with E-state index in [9.17, 15) is 0 Å². The van der Waals surface area contributed by atoms with Gasteiger partial charge in [0.15, 0.2) is 0 Å². The minimum atomic E-state index is 0.790. The van der Waals surface area contributed by atoms with Crippen molar-refractivity contribution in [2.75, 3.05) is 27.2 Å². The van der Waals surface area contributed by atoms with Gasteiger partial charge < -0.3 is 10.2 Å². The summed E-state index contributed by atoms with van der Waals surface area (Å²) in [4.78, 5) is 2.39.